The van der Waals surface area contributed by atoms with E-state index in [0.29, 0.717) is 0 Å². The normalized spacial score (nSPS) is 10.3. The molecule has 0 aliphatic carbocycles. The zero-order chi connectivity index (χ0) is 13.2. The molecule has 1 rings (SSSR count). The number of carboxylic acids is 1. The smallest absolute Gasteiger partial charge is 0.340 e. The van der Waals surface area contributed by atoms with Crippen LogP contribution < -0.4 is 5.32 Å². The van der Waals surface area contributed by atoms with Gasteiger partial charge in [0.2, 0.25) is 0 Å². The van der Waals surface area contributed by atoms with Crippen LogP contribution in [0.15, 0.2) is 12.1 Å². The zero-order valence-corrected chi connectivity index (χ0v) is 9.39. The Morgan fingerprint density at radius 2 is 1.82 bits per heavy atom. The van der Waals surface area contributed by atoms with Crippen molar-refractivity contribution in [3.63, 3.8) is 0 Å². The lowest BCUT2D eigenvalue weighted by atomic mass is 10.0. The average molecular weight is 239 g/mol. The highest BCUT2D eigenvalue weighted by molar-refractivity contribution is 6.06. The van der Waals surface area contributed by atoms with Crippen molar-refractivity contribution in [3.8, 4) is 11.5 Å². The molecule has 0 aliphatic heterocycles. The average Bonchev–Trinajstić information content (AvgIpc) is 2.14. The van der Waals surface area contributed by atoms with Crippen molar-refractivity contribution in [3.05, 3.63) is 23.3 Å². The highest BCUT2D eigenvalue weighted by atomic mass is 16.4. The number of nitrogens with one attached hydrogen (secondary N) is 1. The number of aromatic carboxylic acids is 1. The van der Waals surface area contributed by atoms with Crippen molar-refractivity contribution in [2.24, 2.45) is 0 Å². The van der Waals surface area contributed by atoms with Gasteiger partial charge in [-0.15, -0.1) is 0 Å². The fraction of sp³-hybridized carbons (Fsp3) is 0.273. The summed E-state index contributed by atoms with van der Waals surface area (Å²) in [5.41, 5.74) is -0.801. The van der Waals surface area contributed by atoms with E-state index < -0.39 is 23.2 Å². The Morgan fingerprint density at radius 3 is 2.29 bits per heavy atom. The SMILES string of the molecule is CC(C)NC(=O)c1cc(O)cc(O)c1C(=O)O. The van der Waals surface area contributed by atoms with Gasteiger partial charge in [-0.25, -0.2) is 4.79 Å². The van der Waals surface area contributed by atoms with Crippen molar-refractivity contribution in [1.29, 1.82) is 0 Å². The molecule has 17 heavy (non-hydrogen) atoms. The third-order valence-corrected chi connectivity index (χ3v) is 1.98. The Labute approximate surface area is 97.5 Å². The maximum absolute atomic E-state index is 11.7. The Hall–Kier alpha value is -2.24. The van der Waals surface area contributed by atoms with Gasteiger partial charge in [-0.3, -0.25) is 4.79 Å². The van der Waals surface area contributed by atoms with Crippen LogP contribution in [0.4, 0.5) is 0 Å². The molecule has 0 radical (unpaired) electrons. The van der Waals surface area contributed by atoms with Gasteiger partial charge in [-0.05, 0) is 19.9 Å². The summed E-state index contributed by atoms with van der Waals surface area (Å²) in [7, 11) is 0. The molecule has 0 aromatic heterocycles. The Kier molecular flexibility index (Phi) is 3.57. The molecule has 4 N–H and O–H groups in total. The van der Waals surface area contributed by atoms with Gasteiger partial charge in [0.25, 0.3) is 5.91 Å². The van der Waals surface area contributed by atoms with E-state index in [4.69, 9.17) is 5.11 Å². The monoisotopic (exact) mass is 239 g/mol. The predicted octanol–water partition coefficient (Wildman–Crippen LogP) is 0.934. The largest absolute Gasteiger partial charge is 0.508 e. The lowest BCUT2D eigenvalue weighted by molar-refractivity contribution is 0.0687. The minimum Gasteiger partial charge on any atom is -0.508 e. The van der Waals surface area contributed by atoms with Gasteiger partial charge in [-0.1, -0.05) is 0 Å². The number of hydrogen-bond donors (Lipinski definition) is 4. The highest BCUT2D eigenvalue weighted by Gasteiger charge is 2.22. The molecule has 92 valence electrons. The molecule has 0 saturated heterocycles. The van der Waals surface area contributed by atoms with Gasteiger partial charge in [0.15, 0.2) is 0 Å². The van der Waals surface area contributed by atoms with E-state index >= 15 is 0 Å². The number of rotatable bonds is 3. The lowest BCUT2D eigenvalue weighted by Crippen LogP contribution is -2.31. The van der Waals surface area contributed by atoms with Crippen molar-refractivity contribution < 1.29 is 24.9 Å². The van der Waals surface area contributed by atoms with Crippen molar-refractivity contribution >= 4 is 11.9 Å². The summed E-state index contributed by atoms with van der Waals surface area (Å²) in [6.45, 7) is 3.42. The van der Waals surface area contributed by atoms with Crippen LogP contribution in [0.5, 0.6) is 11.5 Å². The van der Waals surface area contributed by atoms with E-state index in [2.05, 4.69) is 5.32 Å². The van der Waals surface area contributed by atoms with Crippen LogP contribution in [0, 0.1) is 0 Å². The van der Waals surface area contributed by atoms with Crippen LogP contribution in [0.25, 0.3) is 0 Å². The van der Waals surface area contributed by atoms with E-state index in [1.54, 1.807) is 13.8 Å². The second-order valence-corrected chi connectivity index (χ2v) is 3.82. The molecular weight excluding hydrogens is 226 g/mol. The Balaban J connectivity index is 3.30. The third-order valence-electron chi connectivity index (χ3n) is 1.98. The maximum atomic E-state index is 11.7. The molecule has 1 amide bonds. The second-order valence-electron chi connectivity index (χ2n) is 3.82. The predicted molar refractivity (Wildman–Crippen MR) is 59.3 cm³/mol. The fourth-order valence-corrected chi connectivity index (χ4v) is 1.36. The van der Waals surface area contributed by atoms with E-state index in [9.17, 15) is 19.8 Å². The molecule has 0 aliphatic rings. The van der Waals surface area contributed by atoms with Crippen LogP contribution >= 0.6 is 0 Å². The van der Waals surface area contributed by atoms with Crippen molar-refractivity contribution in [2.75, 3.05) is 0 Å². The quantitative estimate of drug-likeness (QED) is 0.627. The lowest BCUT2D eigenvalue weighted by Gasteiger charge is -2.11. The first-order chi connectivity index (χ1) is 7.82. The summed E-state index contributed by atoms with van der Waals surface area (Å²) < 4.78 is 0. The molecule has 1 aromatic rings. The molecule has 0 heterocycles. The molecule has 6 heteroatoms. The zero-order valence-electron chi connectivity index (χ0n) is 9.39. The van der Waals surface area contributed by atoms with Crippen LogP contribution in [0.1, 0.15) is 34.6 Å². The summed E-state index contributed by atoms with van der Waals surface area (Å²) in [4.78, 5) is 22.6. The minimum atomic E-state index is -1.43. The highest BCUT2D eigenvalue weighted by Crippen LogP contribution is 2.27. The first-order valence-electron chi connectivity index (χ1n) is 4.93. The molecule has 0 atom stereocenters. The van der Waals surface area contributed by atoms with Gasteiger partial charge < -0.3 is 20.6 Å². The topological polar surface area (TPSA) is 107 Å². The Morgan fingerprint density at radius 1 is 1.24 bits per heavy atom. The van der Waals surface area contributed by atoms with Crippen molar-refractivity contribution in [1.82, 2.24) is 5.32 Å². The van der Waals surface area contributed by atoms with Gasteiger partial charge in [0.1, 0.15) is 17.1 Å². The summed E-state index contributed by atoms with van der Waals surface area (Å²) in [6.07, 6.45) is 0. The van der Waals surface area contributed by atoms with E-state index in [1.165, 1.54) is 0 Å². The van der Waals surface area contributed by atoms with Crippen LogP contribution in [-0.4, -0.2) is 33.2 Å². The first-order valence-corrected chi connectivity index (χ1v) is 4.93. The second kappa shape index (κ2) is 4.73. The van der Waals surface area contributed by atoms with Gasteiger partial charge in [0, 0.05) is 12.1 Å². The summed E-state index contributed by atoms with van der Waals surface area (Å²) in [6, 6.07) is 1.69. The molecule has 0 unspecified atom stereocenters. The van der Waals surface area contributed by atoms with Crippen LogP contribution in [-0.2, 0) is 0 Å². The molecule has 0 saturated carbocycles. The number of phenolic OH excluding ortho intramolecular Hbond substituents is 1. The van der Waals surface area contributed by atoms with Crippen LogP contribution in [0.3, 0.4) is 0 Å². The first kappa shape index (κ1) is 12.8. The molecule has 0 spiro atoms. The number of carbonyl (C=O) groups is 2. The third kappa shape index (κ3) is 2.87. The molecule has 0 bridgehead atoms. The number of benzene rings is 1. The molecule has 6 nitrogen and oxygen atoms in total. The van der Waals surface area contributed by atoms with Crippen molar-refractivity contribution in [2.45, 2.75) is 19.9 Å². The molecule has 1 aromatic carbocycles. The summed E-state index contributed by atoms with van der Waals surface area (Å²) >= 11 is 0. The summed E-state index contributed by atoms with van der Waals surface area (Å²) in [5.74, 6) is -3.12. The number of phenols is 2. The number of amides is 1. The maximum Gasteiger partial charge on any atom is 0.340 e. The summed E-state index contributed by atoms with van der Waals surface area (Å²) in [5, 5.41) is 30.0. The number of hydrogen-bond acceptors (Lipinski definition) is 4. The standard InChI is InChI=1S/C11H13NO5/c1-5(2)12-10(15)7-3-6(13)4-8(14)9(7)11(16)17/h3-5,13-14H,1-2H3,(H,12,15)(H,16,17). The molecular formula is C11H13NO5. The molecule has 0 fully saturated rings. The Bertz CT molecular complexity index is 467. The number of aromatic hydroxyl groups is 2. The van der Waals surface area contributed by atoms with E-state index in [-0.39, 0.29) is 17.4 Å². The number of carboxylic acid groups (broad SMARTS) is 1. The van der Waals surface area contributed by atoms with Gasteiger partial charge in [0.05, 0.1) is 5.56 Å². The van der Waals surface area contributed by atoms with E-state index in [1.807, 2.05) is 0 Å². The number of carbonyl (C=O) groups excluding carboxylic acids is 1. The van der Waals surface area contributed by atoms with Gasteiger partial charge >= 0.3 is 5.97 Å². The minimum absolute atomic E-state index is 0.186. The van der Waals surface area contributed by atoms with Crippen LogP contribution in [0.2, 0.25) is 0 Å². The fourth-order valence-electron chi connectivity index (χ4n) is 1.36. The van der Waals surface area contributed by atoms with Gasteiger partial charge in [-0.2, -0.15) is 0 Å². The van der Waals surface area contributed by atoms with E-state index in [0.717, 1.165) is 12.1 Å².